The minimum absolute atomic E-state index is 0.0724. The van der Waals surface area contributed by atoms with Crippen LogP contribution in [0.25, 0.3) is 0 Å². The lowest BCUT2D eigenvalue weighted by Gasteiger charge is -2.39. The van der Waals surface area contributed by atoms with Gasteiger partial charge in [0.05, 0.1) is 4.92 Å². The first-order valence-corrected chi connectivity index (χ1v) is 7.67. The standard InChI is InChI=1S/C15H22N4O2/c16-12-9-14(11-15(10-12)19(20)21)18-7-5-17(6-8-18)13-3-1-2-4-13/h9-11,13H,1-8,16H2. The Balaban J connectivity index is 1.67. The Hall–Kier alpha value is -1.82. The van der Waals surface area contributed by atoms with Crippen molar-refractivity contribution in [1.82, 2.24) is 4.90 Å². The van der Waals surface area contributed by atoms with Crippen LogP contribution in [0, 0.1) is 10.1 Å². The van der Waals surface area contributed by atoms with Crippen LogP contribution < -0.4 is 10.6 Å². The number of anilines is 2. The molecule has 2 aliphatic rings. The Morgan fingerprint density at radius 3 is 2.38 bits per heavy atom. The third kappa shape index (κ3) is 3.10. The zero-order chi connectivity index (χ0) is 14.8. The fraction of sp³-hybridized carbons (Fsp3) is 0.600. The molecule has 21 heavy (non-hydrogen) atoms. The van der Waals surface area contributed by atoms with Gasteiger partial charge < -0.3 is 10.6 Å². The van der Waals surface area contributed by atoms with Crippen molar-refractivity contribution in [2.75, 3.05) is 36.8 Å². The summed E-state index contributed by atoms with van der Waals surface area (Å²) in [7, 11) is 0. The molecule has 1 saturated heterocycles. The predicted molar refractivity (Wildman–Crippen MR) is 83.6 cm³/mol. The van der Waals surface area contributed by atoms with Gasteiger partial charge in [0.2, 0.25) is 0 Å². The number of rotatable bonds is 3. The summed E-state index contributed by atoms with van der Waals surface area (Å²) in [5, 5.41) is 10.9. The summed E-state index contributed by atoms with van der Waals surface area (Å²) in [5.74, 6) is 0. The van der Waals surface area contributed by atoms with Crippen molar-refractivity contribution in [2.24, 2.45) is 0 Å². The van der Waals surface area contributed by atoms with Crippen molar-refractivity contribution < 1.29 is 4.92 Å². The Labute approximate surface area is 124 Å². The molecule has 0 spiro atoms. The number of piperazine rings is 1. The van der Waals surface area contributed by atoms with Gasteiger partial charge in [0.15, 0.2) is 0 Å². The molecule has 0 bridgehead atoms. The summed E-state index contributed by atoms with van der Waals surface area (Å²) in [6, 6.07) is 5.63. The summed E-state index contributed by atoms with van der Waals surface area (Å²) in [6.07, 6.45) is 5.35. The Morgan fingerprint density at radius 1 is 1.10 bits per heavy atom. The third-order valence-electron chi connectivity index (χ3n) is 4.66. The maximum atomic E-state index is 10.9. The molecule has 3 rings (SSSR count). The Kier molecular flexibility index (Phi) is 3.96. The van der Waals surface area contributed by atoms with Gasteiger partial charge in [-0.25, -0.2) is 0 Å². The van der Waals surface area contributed by atoms with Crippen LogP contribution in [0.4, 0.5) is 17.1 Å². The highest BCUT2D eigenvalue weighted by atomic mass is 16.6. The molecule has 0 amide bonds. The van der Waals surface area contributed by atoms with E-state index in [0.717, 1.165) is 37.9 Å². The second-order valence-electron chi connectivity index (χ2n) is 6.00. The second kappa shape index (κ2) is 5.89. The van der Waals surface area contributed by atoms with Crippen LogP contribution in [0.15, 0.2) is 18.2 Å². The van der Waals surface area contributed by atoms with E-state index in [1.165, 1.54) is 31.7 Å². The molecule has 1 heterocycles. The molecular formula is C15H22N4O2. The fourth-order valence-electron chi connectivity index (χ4n) is 3.52. The van der Waals surface area contributed by atoms with Crippen molar-refractivity contribution in [3.05, 3.63) is 28.3 Å². The van der Waals surface area contributed by atoms with E-state index in [9.17, 15) is 10.1 Å². The van der Waals surface area contributed by atoms with Crippen LogP contribution in [0.5, 0.6) is 0 Å². The van der Waals surface area contributed by atoms with E-state index in [0.29, 0.717) is 5.69 Å². The Morgan fingerprint density at radius 2 is 1.76 bits per heavy atom. The number of non-ortho nitro benzene ring substituents is 1. The van der Waals surface area contributed by atoms with Crippen LogP contribution in [0.3, 0.4) is 0 Å². The van der Waals surface area contributed by atoms with Gasteiger partial charge in [-0.05, 0) is 18.9 Å². The van der Waals surface area contributed by atoms with Crippen LogP contribution in [0.1, 0.15) is 25.7 Å². The number of nitro benzene ring substituents is 1. The summed E-state index contributed by atoms with van der Waals surface area (Å²) >= 11 is 0. The van der Waals surface area contributed by atoms with Crippen molar-refractivity contribution in [3.8, 4) is 0 Å². The first-order chi connectivity index (χ1) is 10.1. The number of hydrogen-bond acceptors (Lipinski definition) is 5. The number of hydrogen-bond donors (Lipinski definition) is 1. The first kappa shape index (κ1) is 14.1. The molecule has 0 unspecified atom stereocenters. The Bertz CT molecular complexity index is 520. The average Bonchev–Trinajstić information content (AvgIpc) is 3.01. The number of nitrogen functional groups attached to an aromatic ring is 1. The number of benzene rings is 1. The predicted octanol–water partition coefficient (Wildman–Crippen LogP) is 2.24. The molecule has 0 aromatic heterocycles. The van der Waals surface area contributed by atoms with Gasteiger partial charge in [-0.3, -0.25) is 15.0 Å². The fourth-order valence-corrected chi connectivity index (χ4v) is 3.52. The zero-order valence-corrected chi connectivity index (χ0v) is 12.2. The third-order valence-corrected chi connectivity index (χ3v) is 4.66. The molecule has 1 aliphatic carbocycles. The molecule has 2 N–H and O–H groups in total. The summed E-state index contributed by atoms with van der Waals surface area (Å²) in [6.45, 7) is 3.90. The van der Waals surface area contributed by atoms with Crippen molar-refractivity contribution in [3.63, 3.8) is 0 Å². The highest BCUT2D eigenvalue weighted by Crippen LogP contribution is 2.28. The molecule has 6 nitrogen and oxygen atoms in total. The quantitative estimate of drug-likeness (QED) is 0.525. The molecule has 1 aliphatic heterocycles. The lowest BCUT2D eigenvalue weighted by atomic mass is 10.1. The number of nitrogens with zero attached hydrogens (tertiary/aromatic N) is 3. The molecule has 2 fully saturated rings. The summed E-state index contributed by atoms with van der Waals surface area (Å²) in [5.41, 5.74) is 7.19. The maximum absolute atomic E-state index is 10.9. The van der Waals surface area contributed by atoms with E-state index in [1.807, 2.05) is 6.07 Å². The van der Waals surface area contributed by atoms with Crippen molar-refractivity contribution in [2.45, 2.75) is 31.7 Å². The lowest BCUT2D eigenvalue weighted by Crippen LogP contribution is -2.49. The molecule has 0 atom stereocenters. The lowest BCUT2D eigenvalue weighted by molar-refractivity contribution is -0.384. The normalized spacial score (nSPS) is 20.9. The molecular weight excluding hydrogens is 268 g/mol. The van der Waals surface area contributed by atoms with Crippen LogP contribution in [0.2, 0.25) is 0 Å². The smallest absolute Gasteiger partial charge is 0.273 e. The minimum atomic E-state index is -0.380. The van der Waals surface area contributed by atoms with Gasteiger partial charge in [-0.2, -0.15) is 0 Å². The van der Waals surface area contributed by atoms with E-state index >= 15 is 0 Å². The maximum Gasteiger partial charge on any atom is 0.273 e. The van der Waals surface area contributed by atoms with E-state index in [1.54, 1.807) is 6.07 Å². The van der Waals surface area contributed by atoms with Crippen LogP contribution in [-0.2, 0) is 0 Å². The van der Waals surface area contributed by atoms with Crippen molar-refractivity contribution in [1.29, 1.82) is 0 Å². The first-order valence-electron chi connectivity index (χ1n) is 7.67. The monoisotopic (exact) mass is 290 g/mol. The average molecular weight is 290 g/mol. The highest BCUT2D eigenvalue weighted by molar-refractivity contribution is 5.63. The van der Waals surface area contributed by atoms with E-state index < -0.39 is 0 Å². The SMILES string of the molecule is Nc1cc(N2CCN(C3CCCC3)CC2)cc([N+](=O)[O-])c1. The molecule has 0 radical (unpaired) electrons. The number of nitrogens with two attached hydrogens (primary N) is 1. The second-order valence-corrected chi connectivity index (χ2v) is 6.00. The molecule has 6 heteroatoms. The van der Waals surface area contributed by atoms with Gasteiger partial charge in [0.1, 0.15) is 0 Å². The van der Waals surface area contributed by atoms with Crippen LogP contribution in [-0.4, -0.2) is 42.0 Å². The minimum Gasteiger partial charge on any atom is -0.398 e. The molecule has 114 valence electrons. The summed E-state index contributed by atoms with van der Waals surface area (Å²) in [4.78, 5) is 15.3. The van der Waals surface area contributed by atoms with Crippen molar-refractivity contribution >= 4 is 17.1 Å². The van der Waals surface area contributed by atoms with Gasteiger partial charge in [0, 0.05) is 55.7 Å². The molecule has 1 aromatic rings. The number of nitro groups is 1. The highest BCUT2D eigenvalue weighted by Gasteiger charge is 2.26. The molecule has 1 aromatic carbocycles. The topological polar surface area (TPSA) is 75.6 Å². The van der Waals surface area contributed by atoms with Crippen LogP contribution >= 0.6 is 0 Å². The van der Waals surface area contributed by atoms with Gasteiger partial charge in [-0.15, -0.1) is 0 Å². The molecule has 1 saturated carbocycles. The van der Waals surface area contributed by atoms with Gasteiger partial charge >= 0.3 is 0 Å². The summed E-state index contributed by atoms with van der Waals surface area (Å²) < 4.78 is 0. The zero-order valence-electron chi connectivity index (χ0n) is 12.2. The largest absolute Gasteiger partial charge is 0.398 e. The van der Waals surface area contributed by atoms with Gasteiger partial charge in [0.25, 0.3) is 5.69 Å². The van der Waals surface area contributed by atoms with E-state index in [2.05, 4.69) is 9.80 Å². The van der Waals surface area contributed by atoms with Gasteiger partial charge in [-0.1, -0.05) is 12.8 Å². The van der Waals surface area contributed by atoms with E-state index in [-0.39, 0.29) is 10.6 Å². The van der Waals surface area contributed by atoms with E-state index in [4.69, 9.17) is 5.73 Å².